The van der Waals surface area contributed by atoms with Gasteiger partial charge >= 0.3 is 6.36 Å². The molecule has 0 aliphatic rings. The number of alkyl halides is 5. The molecule has 3 nitrogen and oxygen atoms in total. The summed E-state index contributed by atoms with van der Waals surface area (Å²) in [5.74, 6) is -1.66. The average molecular weight is 263 g/mol. The van der Waals surface area contributed by atoms with E-state index in [-0.39, 0.29) is 0 Å². The Bertz CT molecular complexity index is 395. The predicted molar refractivity (Wildman–Crippen MR) is 45.3 cm³/mol. The Kier molecular flexibility index (Phi) is 3.41. The van der Waals surface area contributed by atoms with Crippen molar-refractivity contribution < 1.29 is 26.7 Å². The highest BCUT2D eigenvalue weighted by Crippen LogP contribution is 2.39. The summed E-state index contributed by atoms with van der Waals surface area (Å²) >= 11 is 5.31. The second-order valence-corrected chi connectivity index (χ2v) is 2.96. The number of nitrogens with zero attached hydrogens (tertiary/aromatic N) is 1. The lowest BCUT2D eigenvalue weighted by molar-refractivity contribution is -0.275. The van der Waals surface area contributed by atoms with E-state index in [9.17, 15) is 22.0 Å². The molecule has 0 saturated carbocycles. The Morgan fingerprint density at radius 2 is 1.94 bits per heavy atom. The standard InChI is InChI=1S/C7H4ClF5N2O/c8-4-3(5(9)10)2(1-15-6(4)14)16-7(11,12)13/h1,5H,(H2,14,15). The average Bonchev–Trinajstić information content (AvgIpc) is 2.08. The number of aromatic nitrogens is 1. The van der Waals surface area contributed by atoms with Gasteiger partial charge in [0.05, 0.1) is 16.8 Å². The van der Waals surface area contributed by atoms with E-state index in [1.54, 1.807) is 0 Å². The monoisotopic (exact) mass is 262 g/mol. The van der Waals surface area contributed by atoms with E-state index >= 15 is 0 Å². The SMILES string of the molecule is Nc1ncc(OC(F)(F)F)c(C(F)F)c1Cl. The maximum absolute atomic E-state index is 12.4. The molecule has 0 aliphatic carbocycles. The number of nitrogen functional groups attached to an aromatic ring is 1. The second kappa shape index (κ2) is 4.28. The van der Waals surface area contributed by atoms with Crippen molar-refractivity contribution in [3.8, 4) is 5.75 Å². The van der Waals surface area contributed by atoms with Gasteiger partial charge in [-0.25, -0.2) is 13.8 Å². The van der Waals surface area contributed by atoms with Gasteiger partial charge in [0.1, 0.15) is 5.82 Å². The molecule has 0 saturated heterocycles. The van der Waals surface area contributed by atoms with Crippen molar-refractivity contribution in [3.05, 3.63) is 16.8 Å². The fraction of sp³-hybridized carbons (Fsp3) is 0.286. The van der Waals surface area contributed by atoms with E-state index < -0.39 is 34.9 Å². The van der Waals surface area contributed by atoms with Crippen molar-refractivity contribution in [3.63, 3.8) is 0 Å². The molecule has 90 valence electrons. The molecule has 0 aliphatic heterocycles. The van der Waals surface area contributed by atoms with Crippen molar-refractivity contribution >= 4 is 17.4 Å². The molecule has 1 heterocycles. The molecule has 0 amide bonds. The molecule has 1 aromatic rings. The normalized spacial score (nSPS) is 11.9. The van der Waals surface area contributed by atoms with Gasteiger partial charge in [-0.2, -0.15) is 0 Å². The Hall–Kier alpha value is -1.31. The highest BCUT2D eigenvalue weighted by Gasteiger charge is 2.34. The molecule has 1 aromatic heterocycles. The summed E-state index contributed by atoms with van der Waals surface area (Å²) in [4.78, 5) is 3.19. The summed E-state index contributed by atoms with van der Waals surface area (Å²) in [6.07, 6.45) is -7.92. The quantitative estimate of drug-likeness (QED) is 0.833. The maximum atomic E-state index is 12.4. The topological polar surface area (TPSA) is 48.1 Å². The van der Waals surface area contributed by atoms with E-state index in [1.165, 1.54) is 0 Å². The number of anilines is 1. The Morgan fingerprint density at radius 1 is 1.38 bits per heavy atom. The lowest BCUT2D eigenvalue weighted by Gasteiger charge is -2.14. The third-order valence-electron chi connectivity index (χ3n) is 1.49. The Balaban J connectivity index is 3.24. The number of hydrogen-bond acceptors (Lipinski definition) is 3. The van der Waals surface area contributed by atoms with Gasteiger partial charge in [-0.3, -0.25) is 0 Å². The molecule has 0 spiro atoms. The molecule has 0 atom stereocenters. The highest BCUT2D eigenvalue weighted by molar-refractivity contribution is 6.33. The van der Waals surface area contributed by atoms with Crippen molar-refractivity contribution in [2.75, 3.05) is 5.73 Å². The van der Waals surface area contributed by atoms with Crippen molar-refractivity contribution in [2.45, 2.75) is 12.8 Å². The smallest absolute Gasteiger partial charge is 0.404 e. The minimum Gasteiger partial charge on any atom is -0.404 e. The molecule has 1 rings (SSSR count). The number of halogens is 6. The van der Waals surface area contributed by atoms with Crippen LogP contribution in [0.5, 0.6) is 5.75 Å². The fourth-order valence-corrected chi connectivity index (χ4v) is 1.13. The van der Waals surface area contributed by atoms with Crippen molar-refractivity contribution in [2.24, 2.45) is 0 Å². The van der Waals surface area contributed by atoms with Crippen LogP contribution < -0.4 is 10.5 Å². The van der Waals surface area contributed by atoms with Crippen LogP contribution in [-0.2, 0) is 0 Å². The van der Waals surface area contributed by atoms with Crippen LogP contribution >= 0.6 is 11.6 Å². The van der Waals surface area contributed by atoms with Gasteiger partial charge in [-0.15, -0.1) is 13.2 Å². The zero-order valence-corrected chi connectivity index (χ0v) is 8.11. The number of hydrogen-bond donors (Lipinski definition) is 1. The first-order valence-corrected chi connectivity index (χ1v) is 4.08. The van der Waals surface area contributed by atoms with Gasteiger partial charge in [0.15, 0.2) is 5.75 Å². The van der Waals surface area contributed by atoms with E-state index in [2.05, 4.69) is 9.72 Å². The largest absolute Gasteiger partial charge is 0.573 e. The molecule has 0 radical (unpaired) electrons. The minimum absolute atomic E-state index is 0.441. The maximum Gasteiger partial charge on any atom is 0.573 e. The Labute approximate surface area is 91.0 Å². The molecule has 9 heteroatoms. The van der Waals surface area contributed by atoms with Gasteiger partial charge in [0.2, 0.25) is 0 Å². The molecule has 0 bridgehead atoms. The molecular formula is C7H4ClF5N2O. The van der Waals surface area contributed by atoms with E-state index in [1.807, 2.05) is 0 Å². The van der Waals surface area contributed by atoms with Crippen LogP contribution in [0.15, 0.2) is 6.20 Å². The number of nitrogens with two attached hydrogens (primary N) is 1. The van der Waals surface area contributed by atoms with Gasteiger partial charge in [-0.05, 0) is 0 Å². The van der Waals surface area contributed by atoms with Crippen LogP contribution in [0.1, 0.15) is 12.0 Å². The highest BCUT2D eigenvalue weighted by atomic mass is 35.5. The zero-order valence-electron chi connectivity index (χ0n) is 7.36. The second-order valence-electron chi connectivity index (χ2n) is 2.58. The summed E-state index contributed by atoms with van der Waals surface area (Å²) < 4.78 is 63.7. The first-order chi connectivity index (χ1) is 7.22. The summed E-state index contributed by atoms with van der Waals surface area (Å²) in [6.45, 7) is 0. The zero-order chi connectivity index (χ0) is 12.5. The first kappa shape index (κ1) is 12.8. The summed E-state index contributed by atoms with van der Waals surface area (Å²) in [5, 5.41) is -0.753. The number of ether oxygens (including phenoxy) is 1. The van der Waals surface area contributed by atoms with Crippen molar-refractivity contribution in [1.82, 2.24) is 4.98 Å². The lowest BCUT2D eigenvalue weighted by atomic mass is 10.2. The third kappa shape index (κ3) is 2.84. The van der Waals surface area contributed by atoms with Crippen LogP contribution in [0, 0.1) is 0 Å². The molecule has 0 fully saturated rings. The van der Waals surface area contributed by atoms with Gasteiger partial charge in [-0.1, -0.05) is 11.6 Å². The van der Waals surface area contributed by atoms with Gasteiger partial charge in [0, 0.05) is 0 Å². The third-order valence-corrected chi connectivity index (χ3v) is 1.89. The predicted octanol–water partition coefficient (Wildman–Crippen LogP) is 3.15. The van der Waals surface area contributed by atoms with E-state index in [0.717, 1.165) is 0 Å². The van der Waals surface area contributed by atoms with Crippen LogP contribution in [0.2, 0.25) is 5.02 Å². The molecular weight excluding hydrogens is 259 g/mol. The summed E-state index contributed by atoms with van der Waals surface area (Å²) in [6, 6.07) is 0. The van der Waals surface area contributed by atoms with Crippen LogP contribution in [0.25, 0.3) is 0 Å². The van der Waals surface area contributed by atoms with Gasteiger partial charge < -0.3 is 10.5 Å². The number of rotatable bonds is 2. The van der Waals surface area contributed by atoms with Gasteiger partial charge in [0.25, 0.3) is 6.43 Å². The van der Waals surface area contributed by atoms with E-state index in [0.29, 0.717) is 6.20 Å². The van der Waals surface area contributed by atoms with Crippen LogP contribution in [0.3, 0.4) is 0 Å². The Morgan fingerprint density at radius 3 is 2.38 bits per heavy atom. The molecule has 16 heavy (non-hydrogen) atoms. The number of pyridine rings is 1. The minimum atomic E-state index is -5.11. The van der Waals surface area contributed by atoms with E-state index in [4.69, 9.17) is 17.3 Å². The molecule has 2 N–H and O–H groups in total. The lowest BCUT2D eigenvalue weighted by Crippen LogP contribution is -2.18. The molecule has 0 unspecified atom stereocenters. The fourth-order valence-electron chi connectivity index (χ4n) is 0.910. The van der Waals surface area contributed by atoms with Crippen LogP contribution in [-0.4, -0.2) is 11.3 Å². The first-order valence-electron chi connectivity index (χ1n) is 3.70. The summed E-state index contributed by atoms with van der Waals surface area (Å²) in [5.41, 5.74) is 3.95. The van der Waals surface area contributed by atoms with Crippen LogP contribution in [0.4, 0.5) is 27.8 Å². The van der Waals surface area contributed by atoms with Crippen molar-refractivity contribution in [1.29, 1.82) is 0 Å². The molecule has 0 aromatic carbocycles. The summed E-state index contributed by atoms with van der Waals surface area (Å²) in [7, 11) is 0.